The molecule has 0 unspecified atom stereocenters. The zero-order chi connectivity index (χ0) is 11.4. The highest BCUT2D eigenvalue weighted by Gasteiger charge is 2.06. The maximum atomic E-state index is 5.62. The molecule has 86 valence electrons. The minimum Gasteiger partial charge on any atom is -0.311 e. The molecule has 2 aromatic rings. The summed E-state index contributed by atoms with van der Waals surface area (Å²) in [5, 5.41) is 9.08. The number of fused-ring (bicyclic) bond motifs is 1. The number of para-hydroxylation sites is 1. The van der Waals surface area contributed by atoms with Gasteiger partial charge in [0.05, 0.1) is 11.2 Å². The summed E-state index contributed by atoms with van der Waals surface area (Å²) >= 11 is 5.62. The molecule has 0 aliphatic rings. The van der Waals surface area contributed by atoms with E-state index in [1.165, 1.54) is 10.9 Å². The van der Waals surface area contributed by atoms with Crippen LogP contribution < -0.4 is 5.32 Å². The number of hydrogen-bond acceptors (Lipinski definition) is 2. The standard InChI is InChI=1S/C12H16ClN3/c1-16-12-6-3-2-5-10(12)11(15-16)9-14-8-4-7-13/h2-3,5-6,14H,4,7-9H2,1H3. The normalized spacial score (nSPS) is 11.1. The number of aromatic nitrogens is 2. The van der Waals surface area contributed by atoms with E-state index in [0.29, 0.717) is 5.88 Å². The minimum absolute atomic E-state index is 0.704. The highest BCUT2D eigenvalue weighted by molar-refractivity contribution is 6.17. The van der Waals surface area contributed by atoms with Crippen molar-refractivity contribution in [3.63, 3.8) is 0 Å². The summed E-state index contributed by atoms with van der Waals surface area (Å²) in [5.74, 6) is 0.704. The highest BCUT2D eigenvalue weighted by atomic mass is 35.5. The molecule has 0 fully saturated rings. The molecule has 0 bridgehead atoms. The van der Waals surface area contributed by atoms with Crippen molar-refractivity contribution in [1.29, 1.82) is 0 Å². The summed E-state index contributed by atoms with van der Waals surface area (Å²) in [5.41, 5.74) is 2.28. The second-order valence-corrected chi connectivity index (χ2v) is 4.18. The molecule has 4 heteroatoms. The molecule has 1 heterocycles. The van der Waals surface area contributed by atoms with E-state index in [1.807, 2.05) is 23.9 Å². The highest BCUT2D eigenvalue weighted by Crippen LogP contribution is 2.16. The number of benzene rings is 1. The van der Waals surface area contributed by atoms with Gasteiger partial charge >= 0.3 is 0 Å². The van der Waals surface area contributed by atoms with E-state index in [-0.39, 0.29) is 0 Å². The number of halogens is 1. The molecule has 0 aliphatic heterocycles. The number of alkyl halides is 1. The Kier molecular flexibility index (Phi) is 3.80. The molecule has 1 aromatic carbocycles. The van der Waals surface area contributed by atoms with E-state index in [2.05, 4.69) is 22.5 Å². The molecule has 0 saturated heterocycles. The Balaban J connectivity index is 2.12. The molecule has 0 radical (unpaired) electrons. The lowest BCUT2D eigenvalue weighted by Gasteiger charge is -2.00. The summed E-state index contributed by atoms with van der Waals surface area (Å²) in [6, 6.07) is 8.28. The molecule has 3 nitrogen and oxygen atoms in total. The van der Waals surface area contributed by atoms with E-state index in [9.17, 15) is 0 Å². The Morgan fingerprint density at radius 1 is 1.38 bits per heavy atom. The third-order valence-corrected chi connectivity index (χ3v) is 2.88. The fraction of sp³-hybridized carbons (Fsp3) is 0.417. The van der Waals surface area contributed by atoms with Gasteiger partial charge in [0, 0.05) is 24.9 Å². The van der Waals surface area contributed by atoms with Gasteiger partial charge in [0.25, 0.3) is 0 Å². The van der Waals surface area contributed by atoms with Crippen LogP contribution in [0.15, 0.2) is 24.3 Å². The Labute approximate surface area is 100 Å². The van der Waals surface area contributed by atoms with Crippen molar-refractivity contribution in [3.8, 4) is 0 Å². The van der Waals surface area contributed by atoms with Gasteiger partial charge in [-0.25, -0.2) is 0 Å². The van der Waals surface area contributed by atoms with E-state index in [0.717, 1.165) is 25.2 Å². The van der Waals surface area contributed by atoms with Gasteiger partial charge in [-0.3, -0.25) is 4.68 Å². The van der Waals surface area contributed by atoms with Crippen molar-refractivity contribution in [2.75, 3.05) is 12.4 Å². The lowest BCUT2D eigenvalue weighted by molar-refractivity contribution is 0.652. The lowest BCUT2D eigenvalue weighted by Crippen LogP contribution is -2.15. The van der Waals surface area contributed by atoms with Gasteiger partial charge < -0.3 is 5.32 Å². The molecule has 0 saturated carbocycles. The summed E-state index contributed by atoms with van der Waals surface area (Å²) in [6.07, 6.45) is 0.992. The smallest absolute Gasteiger partial charge is 0.0841 e. The largest absolute Gasteiger partial charge is 0.311 e. The van der Waals surface area contributed by atoms with Crippen LogP contribution in [0.1, 0.15) is 12.1 Å². The van der Waals surface area contributed by atoms with Gasteiger partial charge in [0.2, 0.25) is 0 Å². The van der Waals surface area contributed by atoms with Gasteiger partial charge in [0.1, 0.15) is 0 Å². The maximum Gasteiger partial charge on any atom is 0.0841 e. The van der Waals surface area contributed by atoms with Crippen molar-refractivity contribution in [3.05, 3.63) is 30.0 Å². The summed E-state index contributed by atoms with van der Waals surface area (Å²) in [6.45, 7) is 1.74. The van der Waals surface area contributed by atoms with Gasteiger partial charge in [-0.1, -0.05) is 18.2 Å². The molecular weight excluding hydrogens is 222 g/mol. The molecular formula is C12H16ClN3. The molecule has 16 heavy (non-hydrogen) atoms. The minimum atomic E-state index is 0.704. The zero-order valence-electron chi connectivity index (χ0n) is 9.41. The monoisotopic (exact) mass is 237 g/mol. The van der Waals surface area contributed by atoms with Crippen LogP contribution in [0.5, 0.6) is 0 Å². The number of nitrogens with one attached hydrogen (secondary N) is 1. The third-order valence-electron chi connectivity index (χ3n) is 2.61. The van der Waals surface area contributed by atoms with Crippen molar-refractivity contribution >= 4 is 22.5 Å². The summed E-state index contributed by atoms with van der Waals surface area (Å²) in [7, 11) is 1.98. The van der Waals surface area contributed by atoms with E-state index >= 15 is 0 Å². The molecule has 1 aromatic heterocycles. The second-order valence-electron chi connectivity index (χ2n) is 3.81. The Morgan fingerprint density at radius 2 is 2.19 bits per heavy atom. The number of hydrogen-bond donors (Lipinski definition) is 1. The SMILES string of the molecule is Cn1nc(CNCCCCl)c2ccccc21. The first kappa shape index (κ1) is 11.4. The van der Waals surface area contributed by atoms with Crippen LogP contribution in [0.3, 0.4) is 0 Å². The summed E-state index contributed by atoms with van der Waals surface area (Å²) in [4.78, 5) is 0. The quantitative estimate of drug-likeness (QED) is 0.639. The lowest BCUT2D eigenvalue weighted by atomic mass is 10.2. The van der Waals surface area contributed by atoms with E-state index < -0.39 is 0 Å². The molecule has 1 N–H and O–H groups in total. The fourth-order valence-electron chi connectivity index (χ4n) is 1.82. The van der Waals surface area contributed by atoms with Gasteiger partial charge in [-0.05, 0) is 19.0 Å². The van der Waals surface area contributed by atoms with Crippen LogP contribution in [-0.2, 0) is 13.6 Å². The van der Waals surface area contributed by atoms with Gasteiger partial charge in [0.15, 0.2) is 0 Å². The first-order valence-corrected chi connectivity index (χ1v) is 6.03. The Morgan fingerprint density at radius 3 is 3.00 bits per heavy atom. The average Bonchev–Trinajstić information content (AvgIpc) is 2.63. The van der Waals surface area contributed by atoms with Crippen LogP contribution in [0.2, 0.25) is 0 Å². The van der Waals surface area contributed by atoms with Crippen molar-refractivity contribution < 1.29 is 0 Å². The molecule has 0 atom stereocenters. The number of rotatable bonds is 5. The maximum absolute atomic E-state index is 5.62. The Bertz CT molecular complexity index is 464. The van der Waals surface area contributed by atoms with E-state index in [4.69, 9.17) is 11.6 Å². The summed E-state index contributed by atoms with van der Waals surface area (Å²) < 4.78 is 1.92. The predicted octanol–water partition coefficient (Wildman–Crippen LogP) is 2.29. The molecule has 0 amide bonds. The van der Waals surface area contributed by atoms with Crippen molar-refractivity contribution in [2.24, 2.45) is 7.05 Å². The van der Waals surface area contributed by atoms with Crippen LogP contribution in [0.4, 0.5) is 0 Å². The fourth-order valence-corrected chi connectivity index (χ4v) is 1.95. The number of aryl methyl sites for hydroxylation is 1. The Hall–Kier alpha value is -1.06. The first-order valence-electron chi connectivity index (χ1n) is 5.50. The second kappa shape index (κ2) is 5.32. The average molecular weight is 238 g/mol. The molecule has 2 rings (SSSR count). The predicted molar refractivity (Wildman–Crippen MR) is 67.8 cm³/mol. The van der Waals surface area contributed by atoms with Crippen molar-refractivity contribution in [1.82, 2.24) is 15.1 Å². The van der Waals surface area contributed by atoms with E-state index in [1.54, 1.807) is 0 Å². The van der Waals surface area contributed by atoms with Crippen LogP contribution >= 0.6 is 11.6 Å². The third kappa shape index (κ3) is 2.36. The topological polar surface area (TPSA) is 29.9 Å². The van der Waals surface area contributed by atoms with Crippen LogP contribution in [0, 0.1) is 0 Å². The zero-order valence-corrected chi connectivity index (χ0v) is 10.2. The van der Waals surface area contributed by atoms with Crippen LogP contribution in [-0.4, -0.2) is 22.2 Å². The van der Waals surface area contributed by atoms with Crippen molar-refractivity contribution in [2.45, 2.75) is 13.0 Å². The van der Waals surface area contributed by atoms with Gasteiger partial charge in [-0.15, -0.1) is 11.6 Å². The van der Waals surface area contributed by atoms with Crippen LogP contribution in [0.25, 0.3) is 10.9 Å². The molecule has 0 aliphatic carbocycles. The van der Waals surface area contributed by atoms with Gasteiger partial charge in [-0.2, -0.15) is 5.10 Å². The first-order chi connectivity index (χ1) is 7.83. The number of nitrogens with zero attached hydrogens (tertiary/aromatic N) is 2. The molecule has 0 spiro atoms.